The number of amides is 1. The van der Waals surface area contributed by atoms with Crippen molar-refractivity contribution in [3.05, 3.63) is 88.8 Å². The number of hydrogen-bond acceptors (Lipinski definition) is 6. The molecule has 0 fully saturated rings. The summed E-state index contributed by atoms with van der Waals surface area (Å²) in [7, 11) is 0. The Balaban J connectivity index is 1.38. The molecule has 0 radical (unpaired) electrons. The number of aromatic nitrogens is 3. The number of rotatable bonds is 10. The standard InChI is InChI=1S/C25H26N4O3S/c1-17(30)23(29-14-21(25(26)31)27-16-29)10-11-32-20-9-5-8-19(13-20)22-15-33-24(28-22)12-18-6-3-2-4-7-18/h2-9,13-17,23,30H,10-12H2,1H3,(H2,26,31). The Bertz CT molecular complexity index is 1200. The molecule has 8 heteroatoms. The third-order valence-corrected chi connectivity index (χ3v) is 6.20. The molecular weight excluding hydrogens is 436 g/mol. The first-order valence-electron chi connectivity index (χ1n) is 10.7. The zero-order chi connectivity index (χ0) is 23.2. The number of carbonyl (C=O) groups is 1. The third kappa shape index (κ3) is 5.85. The SMILES string of the molecule is CC(O)C(CCOc1cccc(-c2csc(Cc3ccccc3)n2)c1)n1cnc(C(N)=O)c1. The maximum Gasteiger partial charge on any atom is 0.268 e. The Labute approximate surface area is 196 Å². The lowest BCUT2D eigenvalue weighted by Gasteiger charge is -2.21. The van der Waals surface area contributed by atoms with E-state index < -0.39 is 12.0 Å². The van der Waals surface area contributed by atoms with Crippen molar-refractivity contribution in [3.63, 3.8) is 0 Å². The lowest BCUT2D eigenvalue weighted by molar-refractivity contribution is 0.0993. The van der Waals surface area contributed by atoms with Crippen LogP contribution in [0.25, 0.3) is 11.3 Å². The molecule has 4 aromatic rings. The normalized spacial score (nSPS) is 12.9. The van der Waals surface area contributed by atoms with Gasteiger partial charge >= 0.3 is 0 Å². The van der Waals surface area contributed by atoms with Gasteiger partial charge in [0.1, 0.15) is 11.4 Å². The summed E-state index contributed by atoms with van der Waals surface area (Å²) in [6.07, 6.45) is 3.76. The van der Waals surface area contributed by atoms with Crippen LogP contribution >= 0.6 is 11.3 Å². The smallest absolute Gasteiger partial charge is 0.268 e. The Hall–Kier alpha value is -3.49. The molecule has 0 saturated carbocycles. The minimum atomic E-state index is -0.645. The van der Waals surface area contributed by atoms with Crippen molar-refractivity contribution < 1.29 is 14.6 Å². The lowest BCUT2D eigenvalue weighted by atomic mass is 10.1. The van der Waals surface area contributed by atoms with Crippen molar-refractivity contribution in [3.8, 4) is 17.0 Å². The quantitative estimate of drug-likeness (QED) is 0.370. The van der Waals surface area contributed by atoms with E-state index in [0.29, 0.717) is 13.0 Å². The molecule has 33 heavy (non-hydrogen) atoms. The van der Waals surface area contributed by atoms with Gasteiger partial charge < -0.3 is 20.1 Å². The number of imidazole rings is 1. The van der Waals surface area contributed by atoms with Gasteiger partial charge in [-0.05, 0) is 24.6 Å². The fourth-order valence-corrected chi connectivity index (χ4v) is 4.46. The van der Waals surface area contributed by atoms with Crippen LogP contribution in [0.1, 0.15) is 40.4 Å². The first-order valence-corrected chi connectivity index (χ1v) is 11.6. The summed E-state index contributed by atoms with van der Waals surface area (Å²) in [6.45, 7) is 2.09. The van der Waals surface area contributed by atoms with E-state index in [1.54, 1.807) is 29.0 Å². The molecule has 0 spiro atoms. The van der Waals surface area contributed by atoms with E-state index in [1.807, 2.05) is 42.5 Å². The van der Waals surface area contributed by atoms with Crippen LogP contribution in [-0.4, -0.2) is 38.3 Å². The van der Waals surface area contributed by atoms with E-state index in [-0.39, 0.29) is 11.7 Å². The lowest BCUT2D eigenvalue weighted by Crippen LogP contribution is -2.23. The average Bonchev–Trinajstić information content (AvgIpc) is 3.48. The number of nitrogens with two attached hydrogens (primary N) is 1. The number of aliphatic hydroxyl groups excluding tert-OH is 1. The van der Waals surface area contributed by atoms with Gasteiger partial charge in [-0.15, -0.1) is 11.3 Å². The van der Waals surface area contributed by atoms with E-state index in [0.717, 1.165) is 28.4 Å². The third-order valence-electron chi connectivity index (χ3n) is 5.36. The maximum atomic E-state index is 11.3. The van der Waals surface area contributed by atoms with E-state index in [9.17, 15) is 9.90 Å². The summed E-state index contributed by atoms with van der Waals surface area (Å²) in [5.74, 6) is 0.137. The van der Waals surface area contributed by atoms with Gasteiger partial charge in [-0.1, -0.05) is 42.5 Å². The summed E-state index contributed by atoms with van der Waals surface area (Å²) in [5.41, 5.74) is 8.61. The maximum absolute atomic E-state index is 11.3. The molecule has 2 heterocycles. The number of benzene rings is 2. The number of hydrogen-bond donors (Lipinski definition) is 2. The second kappa shape index (κ2) is 10.4. The summed E-state index contributed by atoms with van der Waals surface area (Å²) in [5, 5.41) is 13.3. The van der Waals surface area contributed by atoms with Crippen molar-refractivity contribution in [2.24, 2.45) is 5.73 Å². The zero-order valence-electron chi connectivity index (χ0n) is 18.3. The van der Waals surface area contributed by atoms with Crippen LogP contribution in [-0.2, 0) is 6.42 Å². The van der Waals surface area contributed by atoms with Gasteiger partial charge in [-0.2, -0.15) is 0 Å². The summed E-state index contributed by atoms with van der Waals surface area (Å²) >= 11 is 1.65. The monoisotopic (exact) mass is 462 g/mol. The zero-order valence-corrected chi connectivity index (χ0v) is 19.1. The number of thiazole rings is 1. The van der Waals surface area contributed by atoms with Crippen molar-refractivity contribution in [1.29, 1.82) is 0 Å². The van der Waals surface area contributed by atoms with Crippen LogP contribution < -0.4 is 10.5 Å². The van der Waals surface area contributed by atoms with Crippen LogP contribution in [0.3, 0.4) is 0 Å². The summed E-state index contributed by atoms with van der Waals surface area (Å²) in [6, 6.07) is 17.9. The number of ether oxygens (including phenoxy) is 1. The minimum Gasteiger partial charge on any atom is -0.493 e. The molecule has 0 saturated heterocycles. The first kappa shape index (κ1) is 22.7. The largest absolute Gasteiger partial charge is 0.493 e. The first-order chi connectivity index (χ1) is 16.0. The van der Waals surface area contributed by atoms with Crippen LogP contribution in [0.15, 0.2) is 72.5 Å². The molecule has 7 nitrogen and oxygen atoms in total. The number of aliphatic hydroxyl groups is 1. The molecule has 1 amide bonds. The van der Waals surface area contributed by atoms with Crippen molar-refractivity contribution in [1.82, 2.24) is 14.5 Å². The fraction of sp³-hybridized carbons (Fsp3) is 0.240. The van der Waals surface area contributed by atoms with E-state index >= 15 is 0 Å². The molecule has 2 unspecified atom stereocenters. The van der Waals surface area contributed by atoms with Crippen LogP contribution in [0.5, 0.6) is 5.75 Å². The van der Waals surface area contributed by atoms with Crippen LogP contribution in [0.2, 0.25) is 0 Å². The van der Waals surface area contributed by atoms with Gasteiger partial charge in [0.15, 0.2) is 0 Å². The molecule has 4 rings (SSSR count). The van der Waals surface area contributed by atoms with Crippen molar-refractivity contribution >= 4 is 17.2 Å². The minimum absolute atomic E-state index is 0.171. The molecule has 0 aliphatic carbocycles. The fourth-order valence-electron chi connectivity index (χ4n) is 3.62. The van der Waals surface area contributed by atoms with Crippen molar-refractivity contribution in [2.75, 3.05) is 6.61 Å². The molecule has 2 atom stereocenters. The Morgan fingerprint density at radius 3 is 2.76 bits per heavy atom. The highest BCUT2D eigenvalue weighted by Crippen LogP contribution is 2.27. The molecule has 170 valence electrons. The predicted molar refractivity (Wildman–Crippen MR) is 128 cm³/mol. The Kier molecular flexibility index (Phi) is 7.16. The number of carbonyl (C=O) groups excluding carboxylic acids is 1. The van der Waals surface area contributed by atoms with Gasteiger partial charge in [0.25, 0.3) is 5.91 Å². The highest BCUT2D eigenvalue weighted by molar-refractivity contribution is 7.10. The second-order valence-corrected chi connectivity index (χ2v) is 8.77. The number of nitrogens with zero attached hydrogens (tertiary/aromatic N) is 3. The topological polar surface area (TPSA) is 103 Å². The average molecular weight is 463 g/mol. The summed E-state index contributed by atoms with van der Waals surface area (Å²) < 4.78 is 7.67. The second-order valence-electron chi connectivity index (χ2n) is 7.83. The molecule has 3 N–H and O–H groups in total. The number of primary amides is 1. The van der Waals surface area contributed by atoms with Crippen molar-refractivity contribution in [2.45, 2.75) is 31.9 Å². The van der Waals surface area contributed by atoms with Crippen LogP contribution in [0, 0.1) is 0 Å². The molecule has 2 aromatic carbocycles. The van der Waals surface area contributed by atoms with Gasteiger partial charge in [-0.3, -0.25) is 4.79 Å². The highest BCUT2D eigenvalue weighted by atomic mass is 32.1. The van der Waals surface area contributed by atoms with E-state index in [1.165, 1.54) is 11.9 Å². The highest BCUT2D eigenvalue weighted by Gasteiger charge is 2.19. The molecule has 0 aliphatic rings. The van der Waals surface area contributed by atoms with Gasteiger partial charge in [-0.25, -0.2) is 9.97 Å². The predicted octanol–water partition coefficient (Wildman–Crippen LogP) is 4.09. The van der Waals surface area contributed by atoms with Crippen LogP contribution in [0.4, 0.5) is 0 Å². The molecule has 2 aromatic heterocycles. The van der Waals surface area contributed by atoms with E-state index in [2.05, 4.69) is 22.5 Å². The van der Waals surface area contributed by atoms with Gasteiger partial charge in [0.2, 0.25) is 0 Å². The summed E-state index contributed by atoms with van der Waals surface area (Å²) in [4.78, 5) is 20.1. The molecular formula is C25H26N4O3S. The van der Waals surface area contributed by atoms with Gasteiger partial charge in [0.05, 0.1) is 35.8 Å². The molecule has 0 aliphatic heterocycles. The Morgan fingerprint density at radius 1 is 1.21 bits per heavy atom. The van der Waals surface area contributed by atoms with Gasteiger partial charge in [0, 0.05) is 30.0 Å². The van der Waals surface area contributed by atoms with E-state index in [4.69, 9.17) is 15.5 Å². The molecule has 0 bridgehead atoms. The Morgan fingerprint density at radius 2 is 2.03 bits per heavy atom.